The van der Waals surface area contributed by atoms with Crippen molar-refractivity contribution < 1.29 is 32.4 Å². The Bertz CT molecular complexity index is 1210. The number of esters is 2. The highest BCUT2D eigenvalue weighted by Crippen LogP contribution is 2.35. The smallest absolute Gasteiger partial charge is 0.344 e. The van der Waals surface area contributed by atoms with Gasteiger partial charge in [-0.3, -0.25) is 14.8 Å². The van der Waals surface area contributed by atoms with Gasteiger partial charge >= 0.3 is 11.9 Å². The molecule has 0 bridgehead atoms. The molecule has 1 aliphatic rings. The Balaban J connectivity index is 1.61. The van der Waals surface area contributed by atoms with Gasteiger partial charge in [-0.05, 0) is 60.9 Å². The number of carbonyl (C=O) groups is 2. The van der Waals surface area contributed by atoms with Crippen LogP contribution in [-0.4, -0.2) is 38.0 Å². The minimum atomic E-state index is -4.09. The topological polar surface area (TPSA) is 142 Å². The second kappa shape index (κ2) is 11.5. The lowest BCUT2D eigenvalue weighted by molar-refractivity contribution is -0.384. The van der Waals surface area contributed by atoms with Crippen molar-refractivity contribution in [1.29, 1.82) is 0 Å². The number of hydrogen-bond donors (Lipinski definition) is 1. The maximum absolute atomic E-state index is 12.7. The van der Waals surface area contributed by atoms with Gasteiger partial charge in [0.1, 0.15) is 6.10 Å². The average Bonchev–Trinajstić information content (AvgIpc) is 2.82. The first kappa shape index (κ1) is 27.1. The predicted molar refractivity (Wildman–Crippen MR) is 132 cm³/mol. The number of non-ortho nitro benzene ring substituents is 1. The number of anilines is 1. The normalized spacial score (nSPS) is 19.9. The highest BCUT2D eigenvalue weighted by Gasteiger charge is 2.33. The molecule has 194 valence electrons. The molecule has 0 saturated heterocycles. The van der Waals surface area contributed by atoms with Crippen molar-refractivity contribution in [3.63, 3.8) is 0 Å². The van der Waals surface area contributed by atoms with Crippen molar-refractivity contribution in [2.24, 2.45) is 17.8 Å². The number of nitro benzene ring substituents is 1. The van der Waals surface area contributed by atoms with Crippen LogP contribution in [0.3, 0.4) is 0 Å². The maximum atomic E-state index is 12.7. The van der Waals surface area contributed by atoms with E-state index in [4.69, 9.17) is 9.47 Å². The minimum Gasteiger partial charge on any atom is -0.460 e. The van der Waals surface area contributed by atoms with Gasteiger partial charge in [-0.2, -0.15) is 0 Å². The number of ether oxygens (including phenoxy) is 2. The van der Waals surface area contributed by atoms with E-state index in [1.54, 1.807) is 0 Å². The van der Waals surface area contributed by atoms with Crippen molar-refractivity contribution in [1.82, 2.24) is 0 Å². The van der Waals surface area contributed by atoms with E-state index in [9.17, 15) is 28.1 Å². The highest BCUT2D eigenvalue weighted by atomic mass is 32.2. The summed E-state index contributed by atoms with van der Waals surface area (Å²) in [4.78, 5) is 34.8. The molecule has 1 N–H and O–H groups in total. The molecule has 36 heavy (non-hydrogen) atoms. The summed E-state index contributed by atoms with van der Waals surface area (Å²) < 4.78 is 38.5. The first-order valence-corrected chi connectivity index (χ1v) is 13.2. The largest absolute Gasteiger partial charge is 0.460 e. The summed E-state index contributed by atoms with van der Waals surface area (Å²) in [6, 6.07) is 10.0. The number of benzene rings is 2. The van der Waals surface area contributed by atoms with Crippen LogP contribution >= 0.6 is 0 Å². The van der Waals surface area contributed by atoms with Crippen molar-refractivity contribution in [2.75, 3.05) is 11.3 Å². The molecule has 10 nitrogen and oxygen atoms in total. The molecule has 1 aliphatic carbocycles. The van der Waals surface area contributed by atoms with Crippen molar-refractivity contribution in [3.05, 3.63) is 64.2 Å². The van der Waals surface area contributed by atoms with E-state index in [0.717, 1.165) is 25.3 Å². The SMILES string of the molecule is CC1CCC(C(C)C)C(OC(=O)COC(=O)c2cccc(S(=O)(=O)Nc3ccc([N+](=O)[O-])cc3)c2)C1. The van der Waals surface area contributed by atoms with Crippen LogP contribution in [0.1, 0.15) is 50.4 Å². The molecule has 3 unspecified atom stereocenters. The highest BCUT2D eigenvalue weighted by molar-refractivity contribution is 7.92. The summed E-state index contributed by atoms with van der Waals surface area (Å²) >= 11 is 0. The third kappa shape index (κ3) is 7.03. The van der Waals surface area contributed by atoms with Crippen molar-refractivity contribution in [2.45, 2.75) is 51.0 Å². The third-order valence-corrected chi connectivity index (χ3v) is 7.65. The molecule has 3 rings (SSSR count). The van der Waals surface area contributed by atoms with Crippen LogP contribution in [0.2, 0.25) is 0 Å². The van der Waals surface area contributed by atoms with Crippen LogP contribution in [0.4, 0.5) is 11.4 Å². The van der Waals surface area contributed by atoms with E-state index in [2.05, 4.69) is 25.5 Å². The minimum absolute atomic E-state index is 0.0549. The number of hydrogen-bond acceptors (Lipinski definition) is 8. The Morgan fingerprint density at radius 2 is 1.83 bits per heavy atom. The number of rotatable bonds is 9. The van der Waals surface area contributed by atoms with E-state index in [1.165, 1.54) is 42.5 Å². The molecular formula is C25H30N2O8S. The lowest BCUT2D eigenvalue weighted by Crippen LogP contribution is -2.36. The monoisotopic (exact) mass is 518 g/mol. The Kier molecular flexibility index (Phi) is 8.67. The first-order valence-electron chi connectivity index (χ1n) is 11.7. The molecule has 0 heterocycles. The maximum Gasteiger partial charge on any atom is 0.344 e. The predicted octanol–water partition coefficient (Wildman–Crippen LogP) is 4.56. The molecular weight excluding hydrogens is 488 g/mol. The van der Waals surface area contributed by atoms with E-state index in [0.29, 0.717) is 11.8 Å². The molecule has 0 aliphatic heterocycles. The van der Waals surface area contributed by atoms with Gasteiger partial charge < -0.3 is 9.47 Å². The van der Waals surface area contributed by atoms with Crippen LogP contribution in [0.25, 0.3) is 0 Å². The van der Waals surface area contributed by atoms with Gasteiger partial charge in [0.05, 0.1) is 15.4 Å². The fourth-order valence-electron chi connectivity index (χ4n) is 4.32. The molecule has 0 radical (unpaired) electrons. The molecule has 0 aromatic heterocycles. The Labute approximate surface area is 210 Å². The lowest BCUT2D eigenvalue weighted by Gasteiger charge is -2.36. The van der Waals surface area contributed by atoms with E-state index in [1.807, 2.05) is 0 Å². The molecule has 1 saturated carbocycles. The van der Waals surface area contributed by atoms with Gasteiger partial charge in [-0.25, -0.2) is 18.0 Å². The average molecular weight is 519 g/mol. The van der Waals surface area contributed by atoms with Gasteiger partial charge in [-0.15, -0.1) is 0 Å². The number of nitrogens with zero attached hydrogens (tertiary/aromatic N) is 1. The standard InChI is InChI=1S/C25H30N2O8S/c1-16(2)22-12-7-17(3)13-23(22)35-24(28)15-34-25(29)18-5-4-6-21(14-18)36(32,33)26-19-8-10-20(11-9-19)27(30)31/h4-6,8-11,14,16-17,22-23,26H,7,12-13,15H2,1-3H3. The summed E-state index contributed by atoms with van der Waals surface area (Å²) in [5.74, 6) is -0.439. The number of nitro groups is 1. The number of nitrogens with one attached hydrogen (secondary N) is 1. The van der Waals surface area contributed by atoms with Gasteiger partial charge in [0.25, 0.3) is 15.7 Å². The van der Waals surface area contributed by atoms with Gasteiger partial charge in [0, 0.05) is 17.8 Å². The van der Waals surface area contributed by atoms with Crippen molar-refractivity contribution >= 4 is 33.3 Å². The molecule has 0 amide bonds. The van der Waals surface area contributed by atoms with Crippen LogP contribution in [-0.2, 0) is 24.3 Å². The molecule has 2 aromatic rings. The first-order chi connectivity index (χ1) is 17.0. The summed E-state index contributed by atoms with van der Waals surface area (Å²) in [6.45, 7) is 5.74. The molecule has 1 fully saturated rings. The molecule has 11 heteroatoms. The summed E-state index contributed by atoms with van der Waals surface area (Å²) in [6.07, 6.45) is 2.61. The Morgan fingerprint density at radius 1 is 1.14 bits per heavy atom. The van der Waals surface area contributed by atoms with E-state index in [-0.39, 0.29) is 33.9 Å². The fourth-order valence-corrected chi connectivity index (χ4v) is 5.42. The molecule has 3 atom stereocenters. The summed E-state index contributed by atoms with van der Waals surface area (Å²) in [5, 5.41) is 10.8. The Hall–Kier alpha value is -3.47. The third-order valence-electron chi connectivity index (χ3n) is 6.28. The van der Waals surface area contributed by atoms with Crippen LogP contribution < -0.4 is 4.72 Å². The summed E-state index contributed by atoms with van der Waals surface area (Å²) in [7, 11) is -4.09. The zero-order valence-corrected chi connectivity index (χ0v) is 21.2. The van der Waals surface area contributed by atoms with Gasteiger partial charge in [0.15, 0.2) is 6.61 Å². The molecule has 2 aromatic carbocycles. The quantitative estimate of drug-likeness (QED) is 0.289. The second-order valence-electron chi connectivity index (χ2n) is 9.37. The Morgan fingerprint density at radius 3 is 2.47 bits per heavy atom. The number of sulfonamides is 1. The summed E-state index contributed by atoms with van der Waals surface area (Å²) in [5.41, 5.74) is -0.118. The van der Waals surface area contributed by atoms with Crippen LogP contribution in [0.5, 0.6) is 0 Å². The number of carbonyl (C=O) groups excluding carboxylic acids is 2. The van der Waals surface area contributed by atoms with Crippen molar-refractivity contribution in [3.8, 4) is 0 Å². The van der Waals surface area contributed by atoms with E-state index < -0.39 is 33.5 Å². The molecule has 0 spiro atoms. The van der Waals surface area contributed by atoms with Gasteiger partial charge in [0.2, 0.25) is 0 Å². The van der Waals surface area contributed by atoms with Crippen LogP contribution in [0.15, 0.2) is 53.4 Å². The van der Waals surface area contributed by atoms with Crippen LogP contribution in [0, 0.1) is 27.9 Å². The zero-order chi connectivity index (χ0) is 26.5. The fraction of sp³-hybridized carbons (Fsp3) is 0.440. The van der Waals surface area contributed by atoms with Gasteiger partial charge in [-0.1, -0.05) is 33.3 Å². The second-order valence-corrected chi connectivity index (χ2v) is 11.1. The zero-order valence-electron chi connectivity index (χ0n) is 20.4. The lowest BCUT2D eigenvalue weighted by atomic mass is 9.75. The van der Waals surface area contributed by atoms with E-state index >= 15 is 0 Å².